The molecule has 1 heterocycles. The molecule has 0 saturated heterocycles. The third-order valence-corrected chi connectivity index (χ3v) is 6.01. The fourth-order valence-corrected chi connectivity index (χ4v) is 4.53. The second kappa shape index (κ2) is 7.06. The van der Waals surface area contributed by atoms with E-state index in [1.165, 1.54) is 50.6 Å². The molecule has 3 heteroatoms. The van der Waals surface area contributed by atoms with E-state index in [0.29, 0.717) is 5.41 Å². The molecule has 1 saturated carbocycles. The Bertz CT molecular complexity index is 328. The second-order valence-electron chi connectivity index (χ2n) is 5.85. The van der Waals surface area contributed by atoms with Gasteiger partial charge in [-0.15, -0.1) is 0 Å². The van der Waals surface area contributed by atoms with Crippen LogP contribution in [-0.4, -0.2) is 23.8 Å². The van der Waals surface area contributed by atoms with Crippen LogP contribution in [0.3, 0.4) is 0 Å². The van der Waals surface area contributed by atoms with Crippen molar-refractivity contribution in [2.24, 2.45) is 5.41 Å². The lowest BCUT2D eigenvalue weighted by Gasteiger charge is -2.35. The van der Waals surface area contributed by atoms with E-state index in [0.717, 1.165) is 11.9 Å². The Hall–Kier alpha value is 0.140. The summed E-state index contributed by atoms with van der Waals surface area (Å²) in [5.41, 5.74) is 1.97. The summed E-state index contributed by atoms with van der Waals surface area (Å²) < 4.78 is 0. The van der Waals surface area contributed by atoms with Crippen LogP contribution in [0.4, 0.5) is 0 Å². The van der Waals surface area contributed by atoms with E-state index in [9.17, 15) is 0 Å². The minimum Gasteiger partial charge on any atom is -0.302 e. The van der Waals surface area contributed by atoms with Crippen molar-refractivity contribution in [3.05, 3.63) is 22.4 Å². The highest BCUT2D eigenvalue weighted by molar-refractivity contribution is 9.09. The highest BCUT2D eigenvalue weighted by Crippen LogP contribution is 2.37. The Balaban J connectivity index is 1.91. The molecular formula is C15H24BrNS. The lowest BCUT2D eigenvalue weighted by molar-refractivity contribution is 0.171. The third-order valence-electron chi connectivity index (χ3n) is 4.09. The number of halogens is 1. The van der Waals surface area contributed by atoms with Gasteiger partial charge in [0.15, 0.2) is 0 Å². The SMILES string of the molecule is CN(Cc1ccsc1)CC1(CBr)CCCCCC1. The number of thiophene rings is 1. The normalized spacial score (nSPS) is 19.9. The van der Waals surface area contributed by atoms with E-state index in [1.54, 1.807) is 11.3 Å². The molecule has 102 valence electrons. The average molecular weight is 330 g/mol. The van der Waals surface area contributed by atoms with Crippen LogP contribution in [0.25, 0.3) is 0 Å². The van der Waals surface area contributed by atoms with Gasteiger partial charge in [0.25, 0.3) is 0 Å². The molecule has 18 heavy (non-hydrogen) atoms. The van der Waals surface area contributed by atoms with Gasteiger partial charge in [0.2, 0.25) is 0 Å². The predicted molar refractivity (Wildman–Crippen MR) is 84.6 cm³/mol. The molecule has 0 aromatic carbocycles. The van der Waals surface area contributed by atoms with Crippen molar-refractivity contribution < 1.29 is 0 Å². The molecule has 1 nitrogen and oxygen atoms in total. The van der Waals surface area contributed by atoms with Crippen LogP contribution >= 0.6 is 27.3 Å². The van der Waals surface area contributed by atoms with Crippen molar-refractivity contribution in [1.29, 1.82) is 0 Å². The first kappa shape index (κ1) is 14.5. The number of hydrogen-bond acceptors (Lipinski definition) is 2. The summed E-state index contributed by atoms with van der Waals surface area (Å²) in [7, 11) is 2.27. The van der Waals surface area contributed by atoms with Gasteiger partial charge in [-0.05, 0) is 47.7 Å². The van der Waals surface area contributed by atoms with Crippen molar-refractivity contribution in [2.45, 2.75) is 45.1 Å². The summed E-state index contributed by atoms with van der Waals surface area (Å²) in [6.45, 7) is 2.33. The van der Waals surface area contributed by atoms with E-state index in [1.807, 2.05) is 0 Å². The molecule has 0 N–H and O–H groups in total. The Morgan fingerprint density at radius 2 is 2.00 bits per heavy atom. The van der Waals surface area contributed by atoms with Gasteiger partial charge in [-0.1, -0.05) is 41.6 Å². The zero-order chi connectivity index (χ0) is 12.8. The molecule has 0 unspecified atom stereocenters. The topological polar surface area (TPSA) is 3.24 Å². The van der Waals surface area contributed by atoms with E-state index < -0.39 is 0 Å². The molecule has 2 rings (SSSR count). The molecular weight excluding hydrogens is 306 g/mol. The van der Waals surface area contributed by atoms with Gasteiger partial charge in [0.05, 0.1) is 0 Å². The van der Waals surface area contributed by atoms with E-state index in [4.69, 9.17) is 0 Å². The van der Waals surface area contributed by atoms with Crippen LogP contribution in [0, 0.1) is 5.41 Å². The van der Waals surface area contributed by atoms with Gasteiger partial charge in [0, 0.05) is 18.4 Å². The quantitative estimate of drug-likeness (QED) is 0.547. The number of rotatable bonds is 5. The van der Waals surface area contributed by atoms with Gasteiger partial charge in [0.1, 0.15) is 0 Å². The predicted octanol–water partition coefficient (Wildman–Crippen LogP) is 4.92. The smallest absolute Gasteiger partial charge is 0.0239 e. The highest BCUT2D eigenvalue weighted by atomic mass is 79.9. The van der Waals surface area contributed by atoms with Gasteiger partial charge in [-0.3, -0.25) is 0 Å². The lowest BCUT2D eigenvalue weighted by Crippen LogP contribution is -2.36. The number of nitrogens with zero attached hydrogens (tertiary/aromatic N) is 1. The molecule has 1 aromatic heterocycles. The largest absolute Gasteiger partial charge is 0.302 e. The average Bonchev–Trinajstić information content (AvgIpc) is 2.74. The maximum absolute atomic E-state index is 3.78. The Morgan fingerprint density at radius 1 is 1.28 bits per heavy atom. The molecule has 1 aromatic rings. The Kier molecular flexibility index (Phi) is 5.71. The highest BCUT2D eigenvalue weighted by Gasteiger charge is 2.30. The van der Waals surface area contributed by atoms with Crippen molar-refractivity contribution in [3.8, 4) is 0 Å². The summed E-state index contributed by atoms with van der Waals surface area (Å²) in [5, 5.41) is 5.60. The summed E-state index contributed by atoms with van der Waals surface area (Å²) in [6.07, 6.45) is 8.49. The van der Waals surface area contributed by atoms with Crippen molar-refractivity contribution in [1.82, 2.24) is 4.90 Å². The molecule has 0 bridgehead atoms. The van der Waals surface area contributed by atoms with Crippen molar-refractivity contribution in [2.75, 3.05) is 18.9 Å². The monoisotopic (exact) mass is 329 g/mol. The third kappa shape index (κ3) is 4.07. The van der Waals surface area contributed by atoms with Crippen LogP contribution in [0.15, 0.2) is 16.8 Å². The molecule has 1 aliphatic carbocycles. The van der Waals surface area contributed by atoms with Crippen LogP contribution < -0.4 is 0 Å². The van der Waals surface area contributed by atoms with Gasteiger partial charge < -0.3 is 4.90 Å². The summed E-state index contributed by atoms with van der Waals surface area (Å²) >= 11 is 5.58. The summed E-state index contributed by atoms with van der Waals surface area (Å²) in [4.78, 5) is 2.51. The standard InChI is InChI=1S/C15H24BrNS/c1-17(10-14-6-9-18-11-14)13-15(12-16)7-4-2-3-5-8-15/h6,9,11H,2-5,7-8,10,12-13H2,1H3. The first-order valence-electron chi connectivity index (χ1n) is 7.00. The molecule has 0 radical (unpaired) electrons. The fourth-order valence-electron chi connectivity index (χ4n) is 3.14. The van der Waals surface area contributed by atoms with Crippen molar-refractivity contribution >= 4 is 27.3 Å². The summed E-state index contributed by atoms with van der Waals surface area (Å²) in [6, 6.07) is 2.25. The molecule has 0 aliphatic heterocycles. The minimum absolute atomic E-state index is 0.515. The maximum Gasteiger partial charge on any atom is 0.0239 e. The van der Waals surface area contributed by atoms with Crippen LogP contribution in [0.1, 0.15) is 44.1 Å². The van der Waals surface area contributed by atoms with Crippen molar-refractivity contribution in [3.63, 3.8) is 0 Å². The molecule has 0 atom stereocenters. The summed E-state index contributed by atoms with van der Waals surface area (Å²) in [5.74, 6) is 0. The van der Waals surface area contributed by atoms with Gasteiger partial charge >= 0.3 is 0 Å². The number of alkyl halides is 1. The van der Waals surface area contributed by atoms with Crippen LogP contribution in [-0.2, 0) is 6.54 Å². The molecule has 1 fully saturated rings. The second-order valence-corrected chi connectivity index (χ2v) is 7.19. The first-order valence-corrected chi connectivity index (χ1v) is 9.06. The lowest BCUT2D eigenvalue weighted by atomic mass is 9.82. The zero-order valence-corrected chi connectivity index (χ0v) is 13.7. The molecule has 1 aliphatic rings. The Labute approximate surface area is 124 Å². The van der Waals surface area contributed by atoms with Crippen LogP contribution in [0.5, 0.6) is 0 Å². The van der Waals surface area contributed by atoms with E-state index >= 15 is 0 Å². The molecule has 0 spiro atoms. The maximum atomic E-state index is 3.78. The van der Waals surface area contributed by atoms with Gasteiger partial charge in [-0.2, -0.15) is 11.3 Å². The Morgan fingerprint density at radius 3 is 2.56 bits per heavy atom. The minimum atomic E-state index is 0.515. The molecule has 0 amide bonds. The van der Waals surface area contributed by atoms with E-state index in [-0.39, 0.29) is 0 Å². The zero-order valence-electron chi connectivity index (χ0n) is 11.3. The van der Waals surface area contributed by atoms with E-state index in [2.05, 4.69) is 44.7 Å². The van der Waals surface area contributed by atoms with Gasteiger partial charge in [-0.25, -0.2) is 0 Å². The first-order chi connectivity index (χ1) is 8.74. The fraction of sp³-hybridized carbons (Fsp3) is 0.733. The van der Waals surface area contributed by atoms with Crippen LogP contribution in [0.2, 0.25) is 0 Å². The number of hydrogen-bond donors (Lipinski definition) is 0.